The van der Waals surface area contributed by atoms with Crippen molar-refractivity contribution in [1.82, 2.24) is 0 Å². The summed E-state index contributed by atoms with van der Waals surface area (Å²) in [7, 11) is 0. The molecule has 92 valence electrons. The first kappa shape index (κ1) is 11.4. The van der Waals surface area contributed by atoms with Gasteiger partial charge in [0.1, 0.15) is 0 Å². The van der Waals surface area contributed by atoms with E-state index >= 15 is 0 Å². The average Bonchev–Trinajstić information content (AvgIpc) is 2.49. The predicted octanol–water partition coefficient (Wildman–Crippen LogP) is 4.61. The quantitative estimate of drug-likeness (QED) is 0.674. The van der Waals surface area contributed by atoms with Gasteiger partial charge < -0.3 is 5.11 Å². The summed E-state index contributed by atoms with van der Waals surface area (Å²) in [5, 5.41) is 14.5. The summed E-state index contributed by atoms with van der Waals surface area (Å²) in [4.78, 5) is 10.8. The highest BCUT2D eigenvalue weighted by atomic mass is 16.3. The summed E-state index contributed by atoms with van der Waals surface area (Å²) >= 11 is 0. The van der Waals surface area contributed by atoms with Gasteiger partial charge in [0.25, 0.3) is 0 Å². The van der Waals surface area contributed by atoms with Crippen molar-refractivity contribution in [3.05, 3.63) is 65.6 Å². The fourth-order valence-electron chi connectivity index (χ4n) is 2.27. The number of fused-ring (bicyclic) bond motifs is 1. The van der Waals surface area contributed by atoms with E-state index in [1.807, 2.05) is 48.5 Å². The van der Waals surface area contributed by atoms with E-state index < -0.39 is 0 Å². The largest absolute Gasteiger partial charge is 0.505 e. The molecule has 19 heavy (non-hydrogen) atoms. The van der Waals surface area contributed by atoms with Crippen molar-refractivity contribution in [1.29, 1.82) is 0 Å². The van der Waals surface area contributed by atoms with Gasteiger partial charge in [0.05, 0.1) is 0 Å². The molecule has 0 atom stereocenters. The summed E-state index contributed by atoms with van der Waals surface area (Å²) in [5.74, 6) is -0.0646. The van der Waals surface area contributed by atoms with Crippen LogP contribution in [0, 0.1) is 4.91 Å². The molecule has 0 aliphatic carbocycles. The van der Waals surface area contributed by atoms with E-state index in [1.165, 1.54) is 0 Å². The van der Waals surface area contributed by atoms with Crippen molar-refractivity contribution in [2.45, 2.75) is 0 Å². The Morgan fingerprint density at radius 3 is 2.16 bits per heavy atom. The number of rotatable bonds is 2. The third-order valence-corrected chi connectivity index (χ3v) is 3.18. The van der Waals surface area contributed by atoms with Gasteiger partial charge in [-0.15, -0.1) is 4.91 Å². The van der Waals surface area contributed by atoms with Crippen LogP contribution in [0.1, 0.15) is 0 Å². The van der Waals surface area contributed by atoms with Crippen LogP contribution in [-0.4, -0.2) is 5.11 Å². The number of phenolic OH excluding ortho intramolecular Hbond substituents is 1. The second-order valence-corrected chi connectivity index (χ2v) is 4.29. The molecular formula is C16H11NO2. The highest BCUT2D eigenvalue weighted by Gasteiger charge is 2.12. The molecule has 0 bridgehead atoms. The standard InChI is InChI=1S/C16H11NO2/c18-16-13-9-5-4-8-12(13)14(10-15(16)17-19)11-6-2-1-3-7-11/h1-10,18H. The maximum absolute atomic E-state index is 10.8. The molecule has 3 aromatic rings. The summed E-state index contributed by atoms with van der Waals surface area (Å²) in [5.41, 5.74) is 1.95. The van der Waals surface area contributed by atoms with E-state index in [-0.39, 0.29) is 11.4 Å². The van der Waals surface area contributed by atoms with Gasteiger partial charge in [-0.3, -0.25) is 0 Å². The van der Waals surface area contributed by atoms with Gasteiger partial charge in [0.15, 0.2) is 11.4 Å². The zero-order valence-electron chi connectivity index (χ0n) is 10.1. The molecule has 0 saturated carbocycles. The lowest BCUT2D eigenvalue weighted by Crippen LogP contribution is -1.82. The first-order valence-electron chi connectivity index (χ1n) is 5.95. The highest BCUT2D eigenvalue weighted by Crippen LogP contribution is 2.40. The van der Waals surface area contributed by atoms with E-state index in [4.69, 9.17) is 0 Å². The van der Waals surface area contributed by atoms with Crippen LogP contribution in [0.3, 0.4) is 0 Å². The fraction of sp³-hybridized carbons (Fsp3) is 0. The van der Waals surface area contributed by atoms with Gasteiger partial charge in [-0.25, -0.2) is 0 Å². The van der Waals surface area contributed by atoms with Crippen molar-refractivity contribution in [2.24, 2.45) is 5.18 Å². The lowest BCUT2D eigenvalue weighted by Gasteiger charge is -2.09. The van der Waals surface area contributed by atoms with Crippen LogP contribution in [-0.2, 0) is 0 Å². The SMILES string of the molecule is O=Nc1cc(-c2ccccc2)c2ccccc2c1O. The van der Waals surface area contributed by atoms with Gasteiger partial charge in [-0.05, 0) is 27.8 Å². The van der Waals surface area contributed by atoms with Gasteiger partial charge in [-0.2, -0.15) is 0 Å². The number of phenols is 1. The van der Waals surface area contributed by atoms with Crippen molar-refractivity contribution in [3.8, 4) is 16.9 Å². The maximum Gasteiger partial charge on any atom is 0.152 e. The third kappa shape index (κ3) is 1.85. The minimum atomic E-state index is -0.0646. The Balaban J connectivity index is 2.42. The summed E-state index contributed by atoms with van der Waals surface area (Å²) < 4.78 is 0. The minimum Gasteiger partial charge on any atom is -0.505 e. The van der Waals surface area contributed by atoms with Gasteiger partial charge >= 0.3 is 0 Å². The number of hydrogen-bond donors (Lipinski definition) is 1. The Labute approximate surface area is 110 Å². The maximum atomic E-state index is 10.8. The first-order valence-corrected chi connectivity index (χ1v) is 5.95. The molecule has 0 radical (unpaired) electrons. The van der Waals surface area contributed by atoms with Crippen LogP contribution >= 0.6 is 0 Å². The van der Waals surface area contributed by atoms with Gasteiger partial charge in [-0.1, -0.05) is 54.6 Å². The average molecular weight is 249 g/mol. The van der Waals surface area contributed by atoms with Crippen LogP contribution in [0.4, 0.5) is 5.69 Å². The molecule has 3 heteroatoms. The smallest absolute Gasteiger partial charge is 0.152 e. The molecule has 0 aromatic heterocycles. The number of benzene rings is 3. The molecule has 0 unspecified atom stereocenters. The fourth-order valence-corrected chi connectivity index (χ4v) is 2.27. The second-order valence-electron chi connectivity index (χ2n) is 4.29. The zero-order valence-corrected chi connectivity index (χ0v) is 10.1. The Hall–Kier alpha value is -2.68. The Morgan fingerprint density at radius 2 is 1.47 bits per heavy atom. The Kier molecular flexibility index (Phi) is 2.72. The van der Waals surface area contributed by atoms with Crippen LogP contribution in [0.2, 0.25) is 0 Å². The molecule has 1 N–H and O–H groups in total. The van der Waals surface area contributed by atoms with Crippen molar-refractivity contribution >= 4 is 16.5 Å². The number of nitroso groups, excluding NO2 is 1. The van der Waals surface area contributed by atoms with E-state index in [2.05, 4.69) is 5.18 Å². The topological polar surface area (TPSA) is 49.7 Å². The molecule has 3 nitrogen and oxygen atoms in total. The Morgan fingerprint density at radius 1 is 0.842 bits per heavy atom. The molecule has 0 aliphatic heterocycles. The second kappa shape index (κ2) is 4.53. The van der Waals surface area contributed by atoms with Crippen LogP contribution < -0.4 is 0 Å². The summed E-state index contributed by atoms with van der Waals surface area (Å²) in [6, 6.07) is 18.8. The normalized spacial score (nSPS) is 10.5. The first-order chi connectivity index (χ1) is 9.31. The van der Waals surface area contributed by atoms with E-state index in [9.17, 15) is 10.0 Å². The third-order valence-electron chi connectivity index (χ3n) is 3.18. The van der Waals surface area contributed by atoms with Crippen LogP contribution in [0.25, 0.3) is 21.9 Å². The van der Waals surface area contributed by atoms with Gasteiger partial charge in [0, 0.05) is 5.39 Å². The molecule has 0 saturated heterocycles. The molecule has 3 rings (SSSR count). The van der Waals surface area contributed by atoms with Crippen molar-refractivity contribution < 1.29 is 5.11 Å². The minimum absolute atomic E-state index is 0.0646. The van der Waals surface area contributed by atoms with Crippen molar-refractivity contribution in [2.75, 3.05) is 0 Å². The van der Waals surface area contributed by atoms with E-state index in [1.54, 1.807) is 12.1 Å². The zero-order chi connectivity index (χ0) is 13.2. The lowest BCUT2D eigenvalue weighted by molar-refractivity contribution is 0.483. The molecule has 0 amide bonds. The van der Waals surface area contributed by atoms with E-state index in [0.717, 1.165) is 16.5 Å². The van der Waals surface area contributed by atoms with Gasteiger partial charge in [0.2, 0.25) is 0 Å². The number of hydrogen-bond acceptors (Lipinski definition) is 3. The summed E-state index contributed by atoms with van der Waals surface area (Å²) in [6.07, 6.45) is 0. The molecular weight excluding hydrogens is 238 g/mol. The Bertz CT molecular complexity index is 751. The predicted molar refractivity (Wildman–Crippen MR) is 76.5 cm³/mol. The molecule has 3 aromatic carbocycles. The molecule has 0 heterocycles. The highest BCUT2D eigenvalue weighted by molar-refractivity contribution is 6.03. The van der Waals surface area contributed by atoms with E-state index in [0.29, 0.717) is 5.39 Å². The van der Waals surface area contributed by atoms with Crippen LogP contribution in [0.5, 0.6) is 5.75 Å². The molecule has 0 fully saturated rings. The number of nitrogens with zero attached hydrogens (tertiary/aromatic N) is 1. The monoisotopic (exact) mass is 249 g/mol. The molecule has 0 aliphatic rings. The molecule has 0 spiro atoms. The van der Waals surface area contributed by atoms with Crippen LogP contribution in [0.15, 0.2) is 65.8 Å². The summed E-state index contributed by atoms with van der Waals surface area (Å²) in [6.45, 7) is 0. The lowest BCUT2D eigenvalue weighted by atomic mass is 9.97. The number of aromatic hydroxyl groups is 1. The van der Waals surface area contributed by atoms with Crippen molar-refractivity contribution in [3.63, 3.8) is 0 Å².